The van der Waals surface area contributed by atoms with Crippen LogP contribution in [0.1, 0.15) is 24.0 Å². The molecule has 2 aromatic rings. The third-order valence-corrected chi connectivity index (χ3v) is 3.37. The standard InChI is InChI=1S/C13H14N2O/c1-8-10-3-2-4-11-12(10)9(7-15-11)5-6-14-13(8)16/h2-4,7-8,15H,5-6H2,1H3,(H,14,16). The van der Waals surface area contributed by atoms with Crippen LogP contribution in [0, 0.1) is 0 Å². The molecular formula is C13H14N2O. The number of amides is 1. The molecule has 82 valence electrons. The molecule has 0 spiro atoms. The summed E-state index contributed by atoms with van der Waals surface area (Å²) in [6.45, 7) is 2.69. The maximum absolute atomic E-state index is 11.8. The van der Waals surface area contributed by atoms with E-state index >= 15 is 0 Å². The number of nitrogens with one attached hydrogen (secondary N) is 2. The van der Waals surface area contributed by atoms with E-state index in [1.807, 2.05) is 13.0 Å². The Labute approximate surface area is 93.9 Å². The van der Waals surface area contributed by atoms with Crippen LogP contribution in [0.25, 0.3) is 10.9 Å². The summed E-state index contributed by atoms with van der Waals surface area (Å²) < 4.78 is 0. The van der Waals surface area contributed by atoms with Crippen LogP contribution in [-0.2, 0) is 11.2 Å². The quantitative estimate of drug-likeness (QED) is 0.691. The third kappa shape index (κ3) is 1.24. The number of hydrogen-bond donors (Lipinski definition) is 2. The van der Waals surface area contributed by atoms with Gasteiger partial charge in [0.05, 0.1) is 5.92 Å². The van der Waals surface area contributed by atoms with Crippen LogP contribution < -0.4 is 5.32 Å². The highest BCUT2D eigenvalue weighted by Gasteiger charge is 2.21. The van der Waals surface area contributed by atoms with Gasteiger partial charge in [0.1, 0.15) is 0 Å². The van der Waals surface area contributed by atoms with Crippen molar-refractivity contribution in [2.24, 2.45) is 0 Å². The largest absolute Gasteiger partial charge is 0.361 e. The van der Waals surface area contributed by atoms with Crippen molar-refractivity contribution in [2.45, 2.75) is 19.3 Å². The first-order valence-corrected chi connectivity index (χ1v) is 5.64. The molecule has 1 aromatic carbocycles. The Morgan fingerprint density at radius 2 is 2.25 bits per heavy atom. The number of H-pyrrole nitrogens is 1. The minimum atomic E-state index is -0.0708. The Balaban J connectivity index is 2.32. The van der Waals surface area contributed by atoms with E-state index in [1.54, 1.807) is 0 Å². The van der Waals surface area contributed by atoms with Crippen molar-refractivity contribution in [1.29, 1.82) is 0 Å². The number of rotatable bonds is 0. The molecule has 0 radical (unpaired) electrons. The van der Waals surface area contributed by atoms with E-state index in [4.69, 9.17) is 0 Å². The third-order valence-electron chi connectivity index (χ3n) is 3.37. The average molecular weight is 214 g/mol. The number of carbonyl (C=O) groups is 1. The molecule has 2 N–H and O–H groups in total. The van der Waals surface area contributed by atoms with Gasteiger partial charge in [-0.15, -0.1) is 0 Å². The van der Waals surface area contributed by atoms with Gasteiger partial charge in [-0.05, 0) is 30.5 Å². The highest BCUT2D eigenvalue weighted by molar-refractivity contribution is 5.94. The highest BCUT2D eigenvalue weighted by Crippen LogP contribution is 2.29. The van der Waals surface area contributed by atoms with E-state index in [9.17, 15) is 4.79 Å². The lowest BCUT2D eigenvalue weighted by Crippen LogP contribution is -2.31. The first kappa shape index (κ1) is 9.46. The summed E-state index contributed by atoms with van der Waals surface area (Å²) in [6, 6.07) is 6.12. The van der Waals surface area contributed by atoms with Gasteiger partial charge in [0, 0.05) is 23.6 Å². The predicted molar refractivity (Wildman–Crippen MR) is 63.4 cm³/mol. The summed E-state index contributed by atoms with van der Waals surface area (Å²) in [4.78, 5) is 15.1. The molecule has 1 atom stereocenters. The van der Waals surface area contributed by atoms with Crippen molar-refractivity contribution in [3.63, 3.8) is 0 Å². The smallest absolute Gasteiger partial charge is 0.227 e. The number of aromatic amines is 1. The SMILES string of the molecule is CC1C(=O)NCCc2c[nH]c3cccc1c23. The maximum atomic E-state index is 11.8. The fraction of sp³-hybridized carbons (Fsp3) is 0.308. The van der Waals surface area contributed by atoms with Crippen LogP contribution >= 0.6 is 0 Å². The minimum absolute atomic E-state index is 0.0708. The molecule has 3 rings (SSSR count). The van der Waals surface area contributed by atoms with Gasteiger partial charge in [0.25, 0.3) is 0 Å². The zero-order chi connectivity index (χ0) is 11.1. The summed E-state index contributed by atoms with van der Waals surface area (Å²) >= 11 is 0. The molecule has 1 aliphatic rings. The van der Waals surface area contributed by atoms with Crippen LogP contribution in [0.3, 0.4) is 0 Å². The Morgan fingerprint density at radius 3 is 3.12 bits per heavy atom. The number of aromatic nitrogens is 1. The second-order valence-corrected chi connectivity index (χ2v) is 4.35. The summed E-state index contributed by atoms with van der Waals surface area (Å²) in [5, 5.41) is 4.20. The minimum Gasteiger partial charge on any atom is -0.361 e. The second kappa shape index (κ2) is 3.37. The lowest BCUT2D eigenvalue weighted by molar-refractivity contribution is -0.122. The zero-order valence-corrected chi connectivity index (χ0v) is 9.21. The van der Waals surface area contributed by atoms with E-state index in [0.29, 0.717) is 0 Å². The van der Waals surface area contributed by atoms with Crippen LogP contribution in [0.4, 0.5) is 0 Å². The molecule has 3 nitrogen and oxygen atoms in total. The molecule has 1 aromatic heterocycles. The second-order valence-electron chi connectivity index (χ2n) is 4.35. The van der Waals surface area contributed by atoms with Crippen LogP contribution in [0.5, 0.6) is 0 Å². The van der Waals surface area contributed by atoms with E-state index in [2.05, 4.69) is 28.6 Å². The molecule has 0 fully saturated rings. The normalized spacial score (nSPS) is 20.3. The van der Waals surface area contributed by atoms with Crippen LogP contribution in [0.15, 0.2) is 24.4 Å². The molecule has 16 heavy (non-hydrogen) atoms. The summed E-state index contributed by atoms with van der Waals surface area (Å²) in [7, 11) is 0. The molecular weight excluding hydrogens is 200 g/mol. The van der Waals surface area contributed by atoms with Crippen molar-refractivity contribution in [3.8, 4) is 0 Å². The number of hydrogen-bond acceptors (Lipinski definition) is 1. The van der Waals surface area contributed by atoms with Crippen molar-refractivity contribution in [2.75, 3.05) is 6.54 Å². The Morgan fingerprint density at radius 1 is 1.38 bits per heavy atom. The molecule has 0 saturated heterocycles. The fourth-order valence-electron chi connectivity index (χ4n) is 2.46. The predicted octanol–water partition coefficient (Wildman–Crippen LogP) is 1.94. The molecule has 1 aliphatic heterocycles. The Bertz CT molecular complexity index is 556. The molecule has 0 aliphatic carbocycles. The van der Waals surface area contributed by atoms with Gasteiger partial charge >= 0.3 is 0 Å². The average Bonchev–Trinajstić information content (AvgIpc) is 2.70. The molecule has 1 amide bonds. The van der Waals surface area contributed by atoms with Crippen molar-refractivity contribution < 1.29 is 4.79 Å². The van der Waals surface area contributed by atoms with Gasteiger partial charge < -0.3 is 10.3 Å². The number of carbonyl (C=O) groups excluding carboxylic acids is 1. The Hall–Kier alpha value is -1.77. The molecule has 1 unspecified atom stereocenters. The van der Waals surface area contributed by atoms with E-state index in [1.165, 1.54) is 10.9 Å². The fourth-order valence-corrected chi connectivity index (χ4v) is 2.46. The van der Waals surface area contributed by atoms with Crippen molar-refractivity contribution in [3.05, 3.63) is 35.5 Å². The Kier molecular flexibility index (Phi) is 1.99. The van der Waals surface area contributed by atoms with Gasteiger partial charge in [0.2, 0.25) is 5.91 Å². The van der Waals surface area contributed by atoms with Crippen LogP contribution in [0.2, 0.25) is 0 Å². The monoisotopic (exact) mass is 214 g/mol. The van der Waals surface area contributed by atoms with Gasteiger partial charge in [-0.2, -0.15) is 0 Å². The lowest BCUT2D eigenvalue weighted by Gasteiger charge is -2.17. The summed E-state index contributed by atoms with van der Waals surface area (Å²) in [5.74, 6) is 0.0536. The highest BCUT2D eigenvalue weighted by atomic mass is 16.1. The van der Waals surface area contributed by atoms with E-state index in [-0.39, 0.29) is 11.8 Å². The lowest BCUT2D eigenvalue weighted by atomic mass is 9.92. The maximum Gasteiger partial charge on any atom is 0.227 e. The van der Waals surface area contributed by atoms with Gasteiger partial charge in [-0.1, -0.05) is 12.1 Å². The van der Waals surface area contributed by atoms with Crippen molar-refractivity contribution >= 4 is 16.8 Å². The number of benzene rings is 1. The van der Waals surface area contributed by atoms with E-state index < -0.39 is 0 Å². The van der Waals surface area contributed by atoms with Gasteiger partial charge in [-0.3, -0.25) is 4.79 Å². The summed E-state index contributed by atoms with van der Waals surface area (Å²) in [6.07, 6.45) is 2.95. The molecule has 0 bridgehead atoms. The zero-order valence-electron chi connectivity index (χ0n) is 9.21. The summed E-state index contributed by atoms with van der Waals surface area (Å²) in [5.41, 5.74) is 3.57. The molecule has 0 saturated carbocycles. The van der Waals surface area contributed by atoms with Gasteiger partial charge in [0.15, 0.2) is 0 Å². The molecule has 3 heteroatoms. The van der Waals surface area contributed by atoms with Gasteiger partial charge in [-0.25, -0.2) is 0 Å². The first-order valence-electron chi connectivity index (χ1n) is 5.64. The van der Waals surface area contributed by atoms with Crippen molar-refractivity contribution in [1.82, 2.24) is 10.3 Å². The molecule has 2 heterocycles. The van der Waals surface area contributed by atoms with Crippen LogP contribution in [-0.4, -0.2) is 17.4 Å². The first-order chi connectivity index (χ1) is 7.77. The topological polar surface area (TPSA) is 44.9 Å². The van der Waals surface area contributed by atoms with E-state index in [0.717, 1.165) is 24.0 Å².